The molecule has 0 atom stereocenters. The molecule has 4 aromatic carbocycles. The smallest absolute Gasteiger partial charge is 0.162 e. The Labute approximate surface area is 321 Å². The fourth-order valence-corrected chi connectivity index (χ4v) is 12.7. The van der Waals surface area contributed by atoms with Crippen LogP contribution >= 0.6 is 11.3 Å². The standard InChI is InChI=1S/C32H34SSi.C13H24O2.Ir/c1-6-34(7-2,8-3)30-21-25(20-23-13-9-10-15-26(23)30)27-16-12-18-29-28-17-11-14-24(19-22(4)5)31(28)33-32(27)29;1-5-10(6-2)12(14)9-13(15)11(7-3)8-4;/h9-15,17-18,21-22H,6-8,19H2,1-5H3;9-11,14H,5-8H2,1-4H3;/q-2;;/b;12-9-;. The van der Waals surface area contributed by atoms with Crippen molar-refractivity contribution in [3.8, 4) is 11.1 Å². The van der Waals surface area contributed by atoms with Crippen LogP contribution in [0.3, 0.4) is 0 Å². The van der Waals surface area contributed by atoms with Crippen LogP contribution in [-0.2, 0) is 31.3 Å². The molecular weight excluding hydrogens is 825 g/mol. The van der Waals surface area contributed by atoms with Gasteiger partial charge in [-0.05, 0) is 49.0 Å². The average molecular weight is 883 g/mol. The van der Waals surface area contributed by atoms with Crippen molar-refractivity contribution >= 4 is 61.3 Å². The summed E-state index contributed by atoms with van der Waals surface area (Å²) in [6.45, 7) is 19.9. The van der Waals surface area contributed by atoms with Crippen LogP contribution in [-0.4, -0.2) is 19.0 Å². The van der Waals surface area contributed by atoms with E-state index < -0.39 is 8.07 Å². The minimum Gasteiger partial charge on any atom is -0.512 e. The van der Waals surface area contributed by atoms with Crippen LogP contribution < -0.4 is 5.19 Å². The van der Waals surface area contributed by atoms with Crippen LogP contribution in [0.15, 0.2) is 72.5 Å². The summed E-state index contributed by atoms with van der Waals surface area (Å²) in [5, 5.41) is 16.8. The van der Waals surface area contributed by atoms with Gasteiger partial charge in [0.2, 0.25) is 0 Å². The van der Waals surface area contributed by atoms with Crippen molar-refractivity contribution in [1.29, 1.82) is 0 Å². The molecule has 0 aliphatic carbocycles. The molecule has 2 nitrogen and oxygen atoms in total. The van der Waals surface area contributed by atoms with E-state index in [9.17, 15) is 9.90 Å². The number of aliphatic hydroxyl groups excluding tert-OH is 1. The zero-order valence-electron chi connectivity index (χ0n) is 31.8. The van der Waals surface area contributed by atoms with E-state index in [1.54, 1.807) is 5.19 Å². The van der Waals surface area contributed by atoms with Crippen LogP contribution in [0.1, 0.15) is 93.6 Å². The Kier molecular flexibility index (Phi) is 16.2. The van der Waals surface area contributed by atoms with E-state index in [0.717, 1.165) is 32.1 Å². The second kappa shape index (κ2) is 19.3. The molecule has 271 valence electrons. The normalized spacial score (nSPS) is 12.2. The number of ketones is 1. The van der Waals surface area contributed by atoms with Gasteiger partial charge in [-0.1, -0.05) is 132 Å². The van der Waals surface area contributed by atoms with Gasteiger partial charge in [-0.3, -0.25) is 4.79 Å². The molecule has 5 heteroatoms. The van der Waals surface area contributed by atoms with Crippen LogP contribution in [0.25, 0.3) is 42.1 Å². The third-order valence-corrected chi connectivity index (χ3v) is 17.8. The molecule has 0 bridgehead atoms. The van der Waals surface area contributed by atoms with Gasteiger partial charge in [-0.25, -0.2) is 0 Å². The number of benzene rings is 4. The summed E-state index contributed by atoms with van der Waals surface area (Å²) in [7, 11) is -1.58. The average Bonchev–Trinajstić information content (AvgIpc) is 3.50. The summed E-state index contributed by atoms with van der Waals surface area (Å²) in [5.74, 6) is 1.19. The number of fused-ring (bicyclic) bond motifs is 4. The number of aliphatic hydroxyl groups is 1. The van der Waals surface area contributed by atoms with Gasteiger partial charge < -0.3 is 5.11 Å². The molecule has 0 amide bonds. The van der Waals surface area contributed by atoms with Crippen molar-refractivity contribution in [2.24, 2.45) is 17.8 Å². The Morgan fingerprint density at radius 1 is 0.800 bits per heavy atom. The molecule has 0 aliphatic heterocycles. The van der Waals surface area contributed by atoms with Gasteiger partial charge in [0.05, 0.1) is 13.8 Å². The maximum absolute atomic E-state index is 11.7. The van der Waals surface area contributed by atoms with Gasteiger partial charge >= 0.3 is 0 Å². The molecule has 0 saturated heterocycles. The molecule has 0 spiro atoms. The minimum atomic E-state index is -1.58. The van der Waals surface area contributed by atoms with Crippen molar-refractivity contribution in [2.45, 2.75) is 113 Å². The molecule has 50 heavy (non-hydrogen) atoms. The Morgan fingerprint density at radius 3 is 2.00 bits per heavy atom. The zero-order valence-corrected chi connectivity index (χ0v) is 36.0. The molecular formula is C45H58IrO2SSi-2. The number of rotatable bonds is 14. The van der Waals surface area contributed by atoms with E-state index in [4.69, 9.17) is 0 Å². The molecule has 1 aromatic heterocycles. The van der Waals surface area contributed by atoms with E-state index in [0.29, 0.717) is 5.92 Å². The molecule has 5 rings (SSSR count). The number of hydrogen-bond donors (Lipinski definition) is 1. The van der Waals surface area contributed by atoms with E-state index in [1.807, 2.05) is 39.0 Å². The Hall–Kier alpha value is -2.56. The summed E-state index contributed by atoms with van der Waals surface area (Å²) in [6.07, 6.45) is 6.02. The van der Waals surface area contributed by atoms with Crippen LogP contribution in [0, 0.1) is 29.9 Å². The first-order valence-corrected chi connectivity index (χ1v) is 22.3. The molecule has 5 aromatic rings. The Bertz CT molecular complexity index is 1870. The summed E-state index contributed by atoms with van der Waals surface area (Å²) in [4.78, 5) is 11.7. The zero-order chi connectivity index (χ0) is 35.7. The first kappa shape index (κ1) is 41.9. The van der Waals surface area contributed by atoms with Gasteiger partial charge in [0.15, 0.2) is 5.78 Å². The monoisotopic (exact) mass is 883 g/mol. The van der Waals surface area contributed by atoms with Crippen molar-refractivity contribution in [2.75, 3.05) is 0 Å². The minimum absolute atomic E-state index is 0. The van der Waals surface area contributed by atoms with Gasteiger partial charge in [-0.2, -0.15) is 46.7 Å². The van der Waals surface area contributed by atoms with Crippen molar-refractivity contribution < 1.29 is 30.0 Å². The van der Waals surface area contributed by atoms with Crippen LogP contribution in [0.5, 0.6) is 0 Å². The Balaban J connectivity index is 0.000000361. The van der Waals surface area contributed by atoms with Gasteiger partial charge in [-0.15, -0.1) is 22.7 Å². The third-order valence-electron chi connectivity index (χ3n) is 10.9. The van der Waals surface area contributed by atoms with E-state index in [1.165, 1.54) is 71.8 Å². The largest absolute Gasteiger partial charge is 0.512 e. The molecule has 1 heterocycles. The summed E-state index contributed by atoms with van der Waals surface area (Å²) < 4.78 is 2.79. The molecule has 0 saturated carbocycles. The number of carbonyl (C=O) groups is 1. The first-order valence-electron chi connectivity index (χ1n) is 18.9. The number of thiophene rings is 1. The van der Waals surface area contributed by atoms with E-state index in [-0.39, 0.29) is 43.5 Å². The summed E-state index contributed by atoms with van der Waals surface area (Å²) in [5.41, 5.74) is 3.90. The van der Waals surface area contributed by atoms with Gasteiger partial charge in [0.1, 0.15) is 0 Å². The molecule has 0 fully saturated rings. The summed E-state index contributed by atoms with van der Waals surface area (Å²) >= 11 is 1.95. The Morgan fingerprint density at radius 2 is 1.40 bits per heavy atom. The van der Waals surface area contributed by atoms with E-state index >= 15 is 0 Å². The maximum atomic E-state index is 11.7. The number of hydrogen-bond acceptors (Lipinski definition) is 3. The first-order chi connectivity index (χ1) is 23.6. The topological polar surface area (TPSA) is 37.3 Å². The molecule has 1 N–H and O–H groups in total. The van der Waals surface area contributed by atoms with Gasteiger partial charge in [0, 0.05) is 42.7 Å². The molecule has 0 aliphatic rings. The van der Waals surface area contributed by atoms with Crippen molar-refractivity contribution in [1.82, 2.24) is 0 Å². The van der Waals surface area contributed by atoms with Crippen LogP contribution in [0.4, 0.5) is 0 Å². The predicted molar refractivity (Wildman–Crippen MR) is 219 cm³/mol. The van der Waals surface area contributed by atoms with Gasteiger partial charge in [0.25, 0.3) is 0 Å². The fourth-order valence-electron chi connectivity index (χ4n) is 7.53. The maximum Gasteiger partial charge on any atom is 0.162 e. The van der Waals surface area contributed by atoms with Crippen molar-refractivity contribution in [3.63, 3.8) is 0 Å². The molecule has 1 radical (unpaired) electrons. The number of allylic oxidation sites excluding steroid dienone is 2. The quantitative estimate of drug-likeness (QED) is 0.0522. The number of carbonyl (C=O) groups excluding carboxylic acids is 1. The second-order valence-electron chi connectivity index (χ2n) is 14.1. The van der Waals surface area contributed by atoms with Crippen molar-refractivity contribution in [3.05, 3.63) is 90.2 Å². The van der Waals surface area contributed by atoms with E-state index in [2.05, 4.69) is 107 Å². The fraction of sp³-hybridized carbons (Fsp3) is 0.444. The second-order valence-corrected chi connectivity index (χ2v) is 20.3. The van der Waals surface area contributed by atoms with Crippen LogP contribution in [0.2, 0.25) is 18.1 Å². The SMILES string of the molecule is CCC(CC)C(=O)/C=C(\O)C(CC)CC.CC[Si](CC)(CC)c1cc(-c2[c-]ccc3c2sc2c(CC(C)C)cccc23)[c-]c2ccccc12.[Ir]. The summed E-state index contributed by atoms with van der Waals surface area (Å²) in [6, 6.07) is 33.9. The molecule has 0 unspecified atom stereocenters. The predicted octanol–water partition coefficient (Wildman–Crippen LogP) is 13.3. The third kappa shape index (κ3) is 9.07.